The molecule has 114 valence electrons. The maximum absolute atomic E-state index is 13.0. The van der Waals surface area contributed by atoms with Gasteiger partial charge in [-0.2, -0.15) is 13.2 Å². The standard InChI is InChI=1S/C11H14F4N2O2S/c1-7(16)4-5-17-9-3-2-8(12)6-10(9)20(18,19)11(13,14)15/h2-3,6-7,17H,4-5,16H2,1H3. The zero-order chi connectivity index (χ0) is 15.6. The van der Waals surface area contributed by atoms with Crippen LogP contribution in [0.1, 0.15) is 13.3 Å². The maximum Gasteiger partial charge on any atom is 0.501 e. The lowest BCUT2D eigenvalue weighted by atomic mass is 10.2. The van der Waals surface area contributed by atoms with Crippen molar-refractivity contribution in [3.63, 3.8) is 0 Å². The molecule has 1 atom stereocenters. The van der Waals surface area contributed by atoms with E-state index < -0.39 is 26.1 Å². The molecule has 0 saturated heterocycles. The Labute approximate surface area is 113 Å². The summed E-state index contributed by atoms with van der Waals surface area (Å²) < 4.78 is 73.3. The number of sulfone groups is 1. The van der Waals surface area contributed by atoms with E-state index >= 15 is 0 Å². The SMILES string of the molecule is CC(N)CCNc1ccc(F)cc1S(=O)(=O)C(F)(F)F. The summed E-state index contributed by atoms with van der Waals surface area (Å²) in [6.07, 6.45) is 0.420. The third kappa shape index (κ3) is 3.83. The molecule has 9 heteroatoms. The summed E-state index contributed by atoms with van der Waals surface area (Å²) in [5, 5.41) is 2.52. The van der Waals surface area contributed by atoms with Crippen molar-refractivity contribution in [1.82, 2.24) is 0 Å². The quantitative estimate of drug-likeness (QED) is 0.818. The smallest absolute Gasteiger partial charge is 0.384 e. The molecule has 0 aliphatic rings. The van der Waals surface area contributed by atoms with E-state index in [1.807, 2.05) is 0 Å². The van der Waals surface area contributed by atoms with E-state index in [9.17, 15) is 26.0 Å². The van der Waals surface area contributed by atoms with E-state index in [0.717, 1.165) is 12.1 Å². The van der Waals surface area contributed by atoms with Crippen LogP contribution in [0.3, 0.4) is 0 Å². The average Bonchev–Trinajstić information content (AvgIpc) is 2.29. The number of alkyl halides is 3. The molecule has 20 heavy (non-hydrogen) atoms. The maximum atomic E-state index is 13.0. The second kappa shape index (κ2) is 5.96. The Morgan fingerprint density at radius 1 is 1.35 bits per heavy atom. The van der Waals surface area contributed by atoms with Crippen LogP contribution < -0.4 is 11.1 Å². The lowest BCUT2D eigenvalue weighted by molar-refractivity contribution is -0.0435. The summed E-state index contributed by atoms with van der Waals surface area (Å²) in [6.45, 7) is 1.86. The molecule has 0 radical (unpaired) electrons. The number of rotatable bonds is 5. The fourth-order valence-electron chi connectivity index (χ4n) is 1.42. The number of hydrogen-bond acceptors (Lipinski definition) is 4. The summed E-state index contributed by atoms with van der Waals surface area (Å²) in [6, 6.07) is 1.97. The van der Waals surface area contributed by atoms with E-state index in [1.165, 1.54) is 0 Å². The molecule has 1 unspecified atom stereocenters. The lowest BCUT2D eigenvalue weighted by Crippen LogP contribution is -2.25. The monoisotopic (exact) mass is 314 g/mol. The molecule has 0 fully saturated rings. The second-order valence-corrected chi connectivity index (χ2v) is 6.19. The highest BCUT2D eigenvalue weighted by molar-refractivity contribution is 7.92. The highest BCUT2D eigenvalue weighted by atomic mass is 32.2. The summed E-state index contributed by atoms with van der Waals surface area (Å²) >= 11 is 0. The first kappa shape index (κ1) is 16.7. The Balaban J connectivity index is 3.15. The van der Waals surface area contributed by atoms with Gasteiger partial charge in [0.1, 0.15) is 10.7 Å². The van der Waals surface area contributed by atoms with Gasteiger partial charge in [-0.25, -0.2) is 12.8 Å². The van der Waals surface area contributed by atoms with Crippen LogP contribution in [0, 0.1) is 5.82 Å². The first-order chi connectivity index (χ1) is 9.05. The molecule has 0 amide bonds. The number of nitrogens with two attached hydrogens (primary N) is 1. The van der Waals surface area contributed by atoms with Crippen LogP contribution in [0.25, 0.3) is 0 Å². The largest absolute Gasteiger partial charge is 0.501 e. The van der Waals surface area contributed by atoms with Crippen LogP contribution in [0.15, 0.2) is 23.1 Å². The molecule has 0 aliphatic heterocycles. The number of anilines is 1. The fourth-order valence-corrected chi connectivity index (χ4v) is 2.37. The molecule has 1 rings (SSSR count). The minimum atomic E-state index is -5.61. The third-order valence-electron chi connectivity index (χ3n) is 2.45. The van der Waals surface area contributed by atoms with Gasteiger partial charge in [0.25, 0.3) is 9.84 Å². The minimum absolute atomic E-state index is 0.170. The Kier molecular flexibility index (Phi) is 4.98. The van der Waals surface area contributed by atoms with E-state index in [4.69, 9.17) is 5.73 Å². The van der Waals surface area contributed by atoms with Gasteiger partial charge in [0, 0.05) is 12.6 Å². The van der Waals surface area contributed by atoms with Crippen LogP contribution in [-0.4, -0.2) is 26.5 Å². The van der Waals surface area contributed by atoms with Crippen molar-refractivity contribution >= 4 is 15.5 Å². The van der Waals surface area contributed by atoms with Crippen molar-refractivity contribution in [1.29, 1.82) is 0 Å². The first-order valence-corrected chi connectivity index (χ1v) is 7.14. The zero-order valence-electron chi connectivity index (χ0n) is 10.5. The van der Waals surface area contributed by atoms with Crippen LogP contribution >= 0.6 is 0 Å². The van der Waals surface area contributed by atoms with Gasteiger partial charge in [-0.1, -0.05) is 0 Å². The van der Waals surface area contributed by atoms with Gasteiger partial charge in [-0.05, 0) is 31.5 Å². The van der Waals surface area contributed by atoms with Crippen molar-refractivity contribution in [2.45, 2.75) is 29.8 Å². The van der Waals surface area contributed by atoms with Gasteiger partial charge in [-0.15, -0.1) is 0 Å². The highest BCUT2D eigenvalue weighted by Crippen LogP contribution is 2.34. The van der Waals surface area contributed by atoms with Crippen LogP contribution in [0.4, 0.5) is 23.2 Å². The van der Waals surface area contributed by atoms with Gasteiger partial charge in [0.15, 0.2) is 0 Å². The Bertz CT molecular complexity index is 570. The predicted octanol–water partition coefficient (Wildman–Crippen LogP) is 2.27. The molecular formula is C11H14F4N2O2S. The van der Waals surface area contributed by atoms with Gasteiger partial charge >= 0.3 is 5.51 Å². The summed E-state index contributed by atoms with van der Waals surface area (Å²) in [7, 11) is -5.61. The molecule has 4 nitrogen and oxygen atoms in total. The van der Waals surface area contributed by atoms with Crippen LogP contribution in [-0.2, 0) is 9.84 Å². The van der Waals surface area contributed by atoms with Crippen molar-refractivity contribution in [3.05, 3.63) is 24.0 Å². The van der Waals surface area contributed by atoms with Gasteiger partial charge in [-0.3, -0.25) is 0 Å². The zero-order valence-corrected chi connectivity index (χ0v) is 11.4. The molecule has 0 aliphatic carbocycles. The lowest BCUT2D eigenvalue weighted by Gasteiger charge is -2.15. The normalized spacial score (nSPS) is 14.1. The second-order valence-electron chi connectivity index (χ2n) is 4.28. The summed E-state index contributed by atoms with van der Waals surface area (Å²) in [5.41, 5.74) is -0.314. The van der Waals surface area contributed by atoms with Crippen molar-refractivity contribution in [2.75, 3.05) is 11.9 Å². The Morgan fingerprint density at radius 2 is 1.95 bits per heavy atom. The number of benzene rings is 1. The third-order valence-corrected chi connectivity index (χ3v) is 3.98. The molecule has 0 aromatic heterocycles. The summed E-state index contributed by atoms with van der Waals surface area (Å²) in [4.78, 5) is -1.13. The van der Waals surface area contributed by atoms with E-state index in [2.05, 4.69) is 5.32 Å². The van der Waals surface area contributed by atoms with Crippen molar-refractivity contribution in [3.8, 4) is 0 Å². The molecular weight excluding hydrogens is 300 g/mol. The van der Waals surface area contributed by atoms with Gasteiger partial charge in [0.2, 0.25) is 0 Å². The van der Waals surface area contributed by atoms with Crippen molar-refractivity contribution < 1.29 is 26.0 Å². The summed E-state index contributed by atoms with van der Waals surface area (Å²) in [5.74, 6) is -1.06. The van der Waals surface area contributed by atoms with E-state index in [-0.39, 0.29) is 18.3 Å². The van der Waals surface area contributed by atoms with Gasteiger partial charge < -0.3 is 11.1 Å². The topological polar surface area (TPSA) is 72.2 Å². The van der Waals surface area contributed by atoms with E-state index in [0.29, 0.717) is 12.5 Å². The molecule has 0 saturated carbocycles. The minimum Gasteiger partial charge on any atom is -0.384 e. The molecule has 1 aromatic carbocycles. The average molecular weight is 314 g/mol. The number of hydrogen-bond donors (Lipinski definition) is 2. The van der Waals surface area contributed by atoms with Crippen molar-refractivity contribution in [2.24, 2.45) is 5.73 Å². The molecule has 1 aromatic rings. The molecule has 0 bridgehead atoms. The Hall–Kier alpha value is -1.35. The molecule has 0 heterocycles. The first-order valence-electron chi connectivity index (χ1n) is 5.66. The highest BCUT2D eigenvalue weighted by Gasteiger charge is 2.48. The number of nitrogens with one attached hydrogen (secondary N) is 1. The van der Waals surface area contributed by atoms with Gasteiger partial charge in [0.05, 0.1) is 5.69 Å². The van der Waals surface area contributed by atoms with E-state index in [1.54, 1.807) is 6.92 Å². The molecule has 3 N–H and O–H groups in total. The Morgan fingerprint density at radius 3 is 2.45 bits per heavy atom. The van der Waals surface area contributed by atoms with Crippen LogP contribution in [0.5, 0.6) is 0 Å². The number of halogens is 4. The predicted molar refractivity (Wildman–Crippen MR) is 66.4 cm³/mol. The molecule has 0 spiro atoms. The fraction of sp³-hybridized carbons (Fsp3) is 0.455. The van der Waals surface area contributed by atoms with Crippen LogP contribution in [0.2, 0.25) is 0 Å².